The summed E-state index contributed by atoms with van der Waals surface area (Å²) in [5.41, 5.74) is 0.698. The maximum atomic E-state index is 11.0. The molecule has 2 aliphatic heterocycles. The van der Waals surface area contributed by atoms with E-state index < -0.39 is 46.0 Å². The molecule has 8 bridgehead atoms. The van der Waals surface area contributed by atoms with E-state index in [0.29, 0.717) is 27.5 Å². The Bertz CT molecular complexity index is 2800. The monoisotopic (exact) mass is 705 g/mol. The molecule has 17 heteroatoms. The molecule has 16 nitrogen and oxygen atoms in total. The summed E-state index contributed by atoms with van der Waals surface area (Å²) in [5, 5.41) is 86.3. The molecule has 0 spiro atoms. The molecule has 245 valence electrons. The molecule has 0 saturated carbocycles. The van der Waals surface area contributed by atoms with Crippen LogP contribution in [0.4, 0.5) is 0 Å². The van der Waals surface area contributed by atoms with E-state index in [0.717, 1.165) is 0 Å². The van der Waals surface area contributed by atoms with Crippen LogP contribution in [0.1, 0.15) is 0 Å². The summed E-state index contributed by atoms with van der Waals surface area (Å²) in [4.78, 5) is 33.5. The number of phenolic OH excluding ortho intramolecular Hbond substituents is 8. The summed E-state index contributed by atoms with van der Waals surface area (Å²) >= 11 is 0. The number of H-pyrrole nitrogens is 2. The molecule has 10 N–H and O–H groups in total. The summed E-state index contributed by atoms with van der Waals surface area (Å²) in [6, 6.07) is 14.3. The maximum absolute atomic E-state index is 11.0. The van der Waals surface area contributed by atoms with Gasteiger partial charge in [-0.3, -0.25) is 0 Å². The number of phenols is 8. The Labute approximate surface area is 281 Å². The van der Waals surface area contributed by atoms with Crippen LogP contribution in [0.5, 0.6) is 46.0 Å². The van der Waals surface area contributed by atoms with Crippen LogP contribution in [-0.4, -0.2) is 80.7 Å². The minimum absolute atomic E-state index is 0. The summed E-state index contributed by atoms with van der Waals surface area (Å²) in [6.07, 6.45) is 0. The maximum Gasteiger partial charge on any atom is 0.205 e. The van der Waals surface area contributed by atoms with E-state index in [1.54, 1.807) is 42.5 Å². The minimum Gasteiger partial charge on any atom is -0.504 e. The van der Waals surface area contributed by atoms with Crippen LogP contribution >= 0.6 is 0 Å². The zero-order valence-electron chi connectivity index (χ0n) is 24.2. The summed E-state index contributed by atoms with van der Waals surface area (Å²) in [5.74, 6) is -7.88. The molecule has 49 heavy (non-hydrogen) atoms. The van der Waals surface area contributed by atoms with E-state index in [2.05, 4.69) is 34.9 Å². The average molecular weight is 706 g/mol. The van der Waals surface area contributed by atoms with Gasteiger partial charge in [0.2, 0.25) is 23.0 Å². The first-order valence-corrected chi connectivity index (χ1v) is 14.1. The van der Waals surface area contributed by atoms with Crippen molar-refractivity contribution < 1.29 is 57.9 Å². The molecule has 9 rings (SSSR count). The van der Waals surface area contributed by atoms with E-state index >= 15 is 0 Å². The van der Waals surface area contributed by atoms with Crippen molar-refractivity contribution in [1.82, 2.24) is 39.9 Å². The van der Waals surface area contributed by atoms with Gasteiger partial charge in [-0.1, -0.05) is 48.5 Å². The number of hydrogen-bond acceptors (Lipinski definition) is 14. The predicted octanol–water partition coefficient (Wildman–Crippen LogP) is 4.51. The standard InChI is InChI=1S/C32H18N8O8.Cu/c41-17-13-15(19(43)23(47)21(17)45)31-38-29(13)36-27-11-7-3-1-5-9(11)25(34-27)33-26-10-6-2-4-8-12(10)28(35-26)37-30-14-16(32(39-30)40-31)20(44)24(48)22(46)18(14)42;/h1-8,41-48H,(H2,33,34,35,36,37,38,39,40);. The molecule has 3 aromatic heterocycles. The first-order valence-electron chi connectivity index (χ1n) is 14.1. The Kier molecular flexibility index (Phi) is 6.08. The van der Waals surface area contributed by atoms with Crippen molar-refractivity contribution in [1.29, 1.82) is 0 Å². The fraction of sp³-hybridized carbons (Fsp3) is 0. The third-order valence-corrected chi connectivity index (χ3v) is 8.33. The van der Waals surface area contributed by atoms with E-state index in [-0.39, 0.29) is 79.2 Å². The van der Waals surface area contributed by atoms with Crippen LogP contribution in [0.25, 0.3) is 89.7 Å². The second-order valence-corrected chi connectivity index (χ2v) is 11.0. The summed E-state index contributed by atoms with van der Waals surface area (Å²) < 4.78 is 0. The Hall–Kier alpha value is -6.84. The number of aromatic hydroxyl groups is 8. The van der Waals surface area contributed by atoms with Crippen LogP contribution in [0.15, 0.2) is 48.5 Å². The molecule has 0 unspecified atom stereocenters. The van der Waals surface area contributed by atoms with Gasteiger partial charge in [0.1, 0.15) is 22.6 Å². The van der Waals surface area contributed by atoms with Crippen LogP contribution < -0.4 is 0 Å². The smallest absolute Gasteiger partial charge is 0.205 e. The summed E-state index contributed by atoms with van der Waals surface area (Å²) in [7, 11) is 0. The van der Waals surface area contributed by atoms with Crippen molar-refractivity contribution in [3.05, 3.63) is 48.5 Å². The number of fused-ring (bicyclic) bond motifs is 20. The number of benzene rings is 4. The van der Waals surface area contributed by atoms with Gasteiger partial charge in [-0.25, -0.2) is 29.9 Å². The van der Waals surface area contributed by atoms with Gasteiger partial charge >= 0.3 is 0 Å². The van der Waals surface area contributed by atoms with Crippen molar-refractivity contribution in [2.75, 3.05) is 0 Å². The van der Waals surface area contributed by atoms with Gasteiger partial charge in [0.15, 0.2) is 46.3 Å². The Morgan fingerprint density at radius 2 is 0.714 bits per heavy atom. The molecule has 2 aliphatic rings. The molecule has 5 heterocycles. The molecular formula is C32H18CuN8O8. The SMILES string of the molecule is Oc1c(O)c(O)c2c(c1O)-c1nc-2nc2[nH]c(nc3nc(nc4[nH]c(n1)c1ccccc41)-c1ccccc1-3)c1c(O)c(O)c(O)c(O)c21.[Cu]. The van der Waals surface area contributed by atoms with Crippen molar-refractivity contribution in [2.24, 2.45) is 0 Å². The fourth-order valence-electron chi connectivity index (χ4n) is 6.08. The minimum atomic E-state index is -1.06. The molecule has 0 amide bonds. The van der Waals surface area contributed by atoms with Crippen molar-refractivity contribution in [3.63, 3.8) is 0 Å². The van der Waals surface area contributed by atoms with Gasteiger partial charge in [-0.2, -0.15) is 0 Å². The molecule has 0 aliphatic carbocycles. The average Bonchev–Trinajstić information content (AvgIpc) is 3.83. The number of nitrogens with one attached hydrogen (secondary N) is 2. The van der Waals surface area contributed by atoms with E-state index in [9.17, 15) is 40.9 Å². The second kappa shape index (κ2) is 10.1. The zero-order chi connectivity index (χ0) is 33.2. The first kappa shape index (κ1) is 29.6. The van der Waals surface area contributed by atoms with Crippen LogP contribution in [0, 0.1) is 0 Å². The van der Waals surface area contributed by atoms with Crippen molar-refractivity contribution in [2.45, 2.75) is 0 Å². The topological polar surface area (TPSA) is 271 Å². The van der Waals surface area contributed by atoms with Gasteiger partial charge in [-0.05, 0) is 0 Å². The quantitative estimate of drug-likeness (QED) is 0.0591. The zero-order valence-corrected chi connectivity index (χ0v) is 25.1. The number of rotatable bonds is 0. The number of aromatic amines is 2. The first-order chi connectivity index (χ1) is 23.1. The van der Waals surface area contributed by atoms with Gasteiger partial charge in [0.05, 0.1) is 21.9 Å². The Balaban J connectivity index is 0.00000348. The van der Waals surface area contributed by atoms with Gasteiger partial charge in [0, 0.05) is 39.0 Å². The number of aromatic nitrogens is 8. The largest absolute Gasteiger partial charge is 0.504 e. The summed E-state index contributed by atoms with van der Waals surface area (Å²) in [6.45, 7) is 0. The molecule has 0 fully saturated rings. The normalized spacial score (nSPS) is 11.8. The van der Waals surface area contributed by atoms with Crippen LogP contribution in [-0.2, 0) is 17.1 Å². The molecule has 4 aromatic carbocycles. The van der Waals surface area contributed by atoms with E-state index in [1.807, 2.05) is 6.07 Å². The second-order valence-electron chi connectivity index (χ2n) is 11.0. The predicted molar refractivity (Wildman–Crippen MR) is 169 cm³/mol. The fourth-order valence-corrected chi connectivity index (χ4v) is 6.08. The Morgan fingerprint density at radius 1 is 0.367 bits per heavy atom. The molecule has 0 atom stereocenters. The molecule has 0 saturated heterocycles. The Morgan fingerprint density at radius 3 is 1.20 bits per heavy atom. The van der Waals surface area contributed by atoms with Gasteiger partial charge < -0.3 is 50.8 Å². The van der Waals surface area contributed by atoms with E-state index in [1.165, 1.54) is 0 Å². The molecular weight excluding hydrogens is 688 g/mol. The van der Waals surface area contributed by atoms with Gasteiger partial charge in [-0.15, -0.1) is 0 Å². The molecule has 1 radical (unpaired) electrons. The third kappa shape index (κ3) is 3.90. The number of hydrogen-bond donors (Lipinski definition) is 10. The third-order valence-electron chi connectivity index (χ3n) is 8.33. The van der Waals surface area contributed by atoms with Crippen LogP contribution in [0.3, 0.4) is 0 Å². The van der Waals surface area contributed by atoms with Gasteiger partial charge in [0.25, 0.3) is 0 Å². The van der Waals surface area contributed by atoms with Crippen molar-refractivity contribution in [3.8, 4) is 91.5 Å². The molecule has 7 aromatic rings. The number of nitrogens with zero attached hydrogens (tertiary/aromatic N) is 6. The van der Waals surface area contributed by atoms with Crippen molar-refractivity contribution >= 4 is 44.1 Å². The van der Waals surface area contributed by atoms with Crippen LogP contribution in [0.2, 0.25) is 0 Å². The van der Waals surface area contributed by atoms with E-state index in [4.69, 9.17) is 4.98 Å².